The molecule has 1 atom stereocenters. The average molecular weight is 397 g/mol. The van der Waals surface area contributed by atoms with Crippen LogP contribution in [0.1, 0.15) is 37.8 Å². The van der Waals surface area contributed by atoms with Crippen molar-refractivity contribution < 1.29 is 14.0 Å². The lowest BCUT2D eigenvalue weighted by Crippen LogP contribution is -2.52. The molecule has 0 spiro atoms. The van der Waals surface area contributed by atoms with E-state index in [1.807, 2.05) is 31.2 Å². The van der Waals surface area contributed by atoms with Gasteiger partial charge in [0.05, 0.1) is 5.41 Å². The molecule has 0 radical (unpaired) electrons. The summed E-state index contributed by atoms with van der Waals surface area (Å²) in [5.74, 6) is -0.390. The molecule has 3 amide bonds. The van der Waals surface area contributed by atoms with Crippen LogP contribution in [-0.4, -0.2) is 29.9 Å². The van der Waals surface area contributed by atoms with E-state index in [2.05, 4.69) is 17.6 Å². The molecule has 1 aliphatic rings. The minimum absolute atomic E-state index is 0.0896. The average Bonchev–Trinajstić information content (AvgIpc) is 2.73. The SMILES string of the molecule is CCc1ccccc1NC(=O)N1CCC[C@](C)(C(=O)NCc2ccc(F)cc2)C1. The van der Waals surface area contributed by atoms with Gasteiger partial charge in [0.15, 0.2) is 0 Å². The largest absolute Gasteiger partial charge is 0.351 e. The number of piperidine rings is 1. The van der Waals surface area contributed by atoms with Gasteiger partial charge < -0.3 is 15.5 Å². The van der Waals surface area contributed by atoms with Crippen LogP contribution in [0.15, 0.2) is 48.5 Å². The second-order valence-electron chi connectivity index (χ2n) is 7.84. The highest BCUT2D eigenvalue weighted by Crippen LogP contribution is 2.30. The van der Waals surface area contributed by atoms with Gasteiger partial charge in [0.1, 0.15) is 5.82 Å². The standard InChI is InChI=1S/C23H28FN3O2/c1-3-18-7-4-5-8-20(18)26-22(29)27-14-6-13-23(2,16-27)21(28)25-15-17-9-11-19(24)12-10-17/h4-5,7-12H,3,6,13-16H2,1-2H3,(H,25,28)(H,26,29)/t23-/m0/s1. The summed E-state index contributed by atoms with van der Waals surface area (Å²) < 4.78 is 13.0. The van der Waals surface area contributed by atoms with Gasteiger partial charge in [-0.05, 0) is 55.5 Å². The highest BCUT2D eigenvalue weighted by Gasteiger charge is 2.39. The number of nitrogens with one attached hydrogen (secondary N) is 2. The molecule has 1 aliphatic heterocycles. The van der Waals surface area contributed by atoms with E-state index in [1.165, 1.54) is 12.1 Å². The Morgan fingerprint density at radius 3 is 2.59 bits per heavy atom. The molecule has 6 heteroatoms. The van der Waals surface area contributed by atoms with Crippen LogP contribution in [0, 0.1) is 11.2 Å². The number of likely N-dealkylation sites (tertiary alicyclic amines) is 1. The Bertz CT molecular complexity index is 869. The van der Waals surface area contributed by atoms with Gasteiger partial charge >= 0.3 is 6.03 Å². The summed E-state index contributed by atoms with van der Waals surface area (Å²) in [6.45, 7) is 5.27. The number of para-hydroxylation sites is 1. The number of hydrogen-bond donors (Lipinski definition) is 2. The maximum Gasteiger partial charge on any atom is 0.321 e. The highest BCUT2D eigenvalue weighted by molar-refractivity contribution is 5.91. The third kappa shape index (κ3) is 5.13. The molecule has 154 valence electrons. The van der Waals surface area contributed by atoms with Crippen molar-refractivity contribution in [3.8, 4) is 0 Å². The fraction of sp³-hybridized carbons (Fsp3) is 0.391. The maximum absolute atomic E-state index is 13.0. The van der Waals surface area contributed by atoms with E-state index in [9.17, 15) is 14.0 Å². The number of benzene rings is 2. The molecule has 29 heavy (non-hydrogen) atoms. The van der Waals surface area contributed by atoms with E-state index < -0.39 is 5.41 Å². The summed E-state index contributed by atoms with van der Waals surface area (Å²) in [6, 6.07) is 13.6. The summed E-state index contributed by atoms with van der Waals surface area (Å²) in [5.41, 5.74) is 2.08. The third-order valence-corrected chi connectivity index (χ3v) is 5.54. The lowest BCUT2D eigenvalue weighted by molar-refractivity contribution is -0.132. The molecule has 1 heterocycles. The molecule has 1 saturated heterocycles. The molecule has 2 aromatic rings. The van der Waals surface area contributed by atoms with E-state index in [4.69, 9.17) is 0 Å². The molecule has 3 rings (SSSR count). The predicted molar refractivity (Wildman–Crippen MR) is 112 cm³/mol. The molecule has 2 aromatic carbocycles. The number of anilines is 1. The van der Waals surface area contributed by atoms with Gasteiger partial charge in [-0.2, -0.15) is 0 Å². The van der Waals surface area contributed by atoms with E-state index in [1.54, 1.807) is 17.0 Å². The molecule has 0 bridgehead atoms. The molecular formula is C23H28FN3O2. The Labute approximate surface area is 171 Å². The summed E-state index contributed by atoms with van der Waals surface area (Å²) in [5, 5.41) is 5.93. The molecule has 1 fully saturated rings. The van der Waals surface area contributed by atoms with Crippen LogP contribution in [-0.2, 0) is 17.8 Å². The first kappa shape index (κ1) is 20.8. The van der Waals surface area contributed by atoms with Gasteiger partial charge in [0.2, 0.25) is 5.91 Å². The summed E-state index contributed by atoms with van der Waals surface area (Å²) >= 11 is 0. The van der Waals surface area contributed by atoms with Gasteiger partial charge in [-0.3, -0.25) is 4.79 Å². The second kappa shape index (κ2) is 9.07. The highest BCUT2D eigenvalue weighted by atomic mass is 19.1. The van der Waals surface area contributed by atoms with Gasteiger partial charge in [0.25, 0.3) is 0 Å². The fourth-order valence-electron chi connectivity index (χ4n) is 3.74. The Kier molecular flexibility index (Phi) is 6.52. The van der Waals surface area contributed by atoms with Crippen molar-refractivity contribution >= 4 is 17.6 Å². The van der Waals surface area contributed by atoms with Crippen molar-refractivity contribution in [1.82, 2.24) is 10.2 Å². The molecule has 0 aromatic heterocycles. The minimum Gasteiger partial charge on any atom is -0.351 e. The van der Waals surface area contributed by atoms with Gasteiger partial charge in [-0.15, -0.1) is 0 Å². The van der Waals surface area contributed by atoms with Crippen molar-refractivity contribution in [3.63, 3.8) is 0 Å². The topological polar surface area (TPSA) is 61.4 Å². The van der Waals surface area contributed by atoms with E-state index in [0.29, 0.717) is 19.6 Å². The van der Waals surface area contributed by atoms with Gasteiger partial charge in [0, 0.05) is 25.3 Å². The Morgan fingerprint density at radius 2 is 1.86 bits per heavy atom. The maximum atomic E-state index is 13.0. The summed E-state index contributed by atoms with van der Waals surface area (Å²) in [7, 11) is 0. The molecule has 2 N–H and O–H groups in total. The quantitative estimate of drug-likeness (QED) is 0.788. The number of urea groups is 1. The zero-order chi connectivity index (χ0) is 20.9. The number of amides is 3. The van der Waals surface area contributed by atoms with E-state index >= 15 is 0 Å². The number of nitrogens with zero attached hydrogens (tertiary/aromatic N) is 1. The first-order valence-corrected chi connectivity index (χ1v) is 10.1. The zero-order valence-corrected chi connectivity index (χ0v) is 17.0. The zero-order valence-electron chi connectivity index (χ0n) is 17.0. The Hall–Kier alpha value is -2.89. The first-order chi connectivity index (χ1) is 13.9. The summed E-state index contributed by atoms with van der Waals surface area (Å²) in [4.78, 5) is 27.4. The molecular weight excluding hydrogens is 369 g/mol. The van der Waals surface area contributed by atoms with Crippen molar-refractivity contribution in [2.24, 2.45) is 5.41 Å². The van der Waals surface area contributed by atoms with Crippen molar-refractivity contribution in [3.05, 3.63) is 65.5 Å². The van der Waals surface area contributed by atoms with Gasteiger partial charge in [-0.25, -0.2) is 9.18 Å². The van der Waals surface area contributed by atoms with E-state index in [0.717, 1.165) is 36.1 Å². The van der Waals surface area contributed by atoms with Crippen LogP contribution in [0.2, 0.25) is 0 Å². The molecule has 0 saturated carbocycles. The van der Waals surface area contributed by atoms with Crippen LogP contribution in [0.3, 0.4) is 0 Å². The van der Waals surface area contributed by atoms with Crippen LogP contribution in [0.5, 0.6) is 0 Å². The Morgan fingerprint density at radius 1 is 1.14 bits per heavy atom. The smallest absolute Gasteiger partial charge is 0.321 e. The number of hydrogen-bond acceptors (Lipinski definition) is 2. The van der Waals surface area contributed by atoms with Crippen molar-refractivity contribution in [2.75, 3.05) is 18.4 Å². The van der Waals surface area contributed by atoms with E-state index in [-0.39, 0.29) is 17.8 Å². The van der Waals surface area contributed by atoms with Crippen molar-refractivity contribution in [1.29, 1.82) is 0 Å². The lowest BCUT2D eigenvalue weighted by atomic mass is 9.81. The summed E-state index contributed by atoms with van der Waals surface area (Å²) in [6.07, 6.45) is 2.32. The normalized spacial score (nSPS) is 18.9. The predicted octanol–water partition coefficient (Wildman–Crippen LogP) is 4.34. The van der Waals surface area contributed by atoms with Crippen molar-refractivity contribution in [2.45, 2.75) is 39.7 Å². The first-order valence-electron chi connectivity index (χ1n) is 10.1. The third-order valence-electron chi connectivity index (χ3n) is 5.54. The monoisotopic (exact) mass is 397 g/mol. The van der Waals surface area contributed by atoms with Crippen LogP contribution in [0.4, 0.5) is 14.9 Å². The molecule has 0 unspecified atom stereocenters. The molecule has 5 nitrogen and oxygen atoms in total. The number of carbonyl (C=O) groups excluding carboxylic acids is 2. The Balaban J connectivity index is 1.61. The van der Waals surface area contributed by atoms with Crippen LogP contribution < -0.4 is 10.6 Å². The fourth-order valence-corrected chi connectivity index (χ4v) is 3.74. The second-order valence-corrected chi connectivity index (χ2v) is 7.84. The minimum atomic E-state index is -0.653. The number of halogens is 1. The lowest BCUT2D eigenvalue weighted by Gasteiger charge is -2.39. The van der Waals surface area contributed by atoms with Gasteiger partial charge in [-0.1, -0.05) is 37.3 Å². The number of rotatable bonds is 5. The van der Waals surface area contributed by atoms with Crippen LogP contribution >= 0.6 is 0 Å². The molecule has 0 aliphatic carbocycles. The van der Waals surface area contributed by atoms with Crippen LogP contribution in [0.25, 0.3) is 0 Å². The number of aryl methyl sites for hydroxylation is 1. The number of carbonyl (C=O) groups is 2.